The van der Waals surface area contributed by atoms with Crippen LogP contribution in [-0.4, -0.2) is 21.9 Å². The van der Waals surface area contributed by atoms with Crippen molar-refractivity contribution in [2.75, 3.05) is 0 Å². The van der Waals surface area contributed by atoms with Crippen LogP contribution in [0.25, 0.3) is 0 Å². The topological polar surface area (TPSA) is 40.5 Å². The second kappa shape index (κ2) is 7.52. The van der Waals surface area contributed by atoms with Gasteiger partial charge >= 0.3 is 0 Å². The van der Waals surface area contributed by atoms with E-state index < -0.39 is 5.60 Å². The van der Waals surface area contributed by atoms with Crippen molar-refractivity contribution in [1.29, 1.82) is 0 Å². The molecule has 4 rings (SSSR count). The molecular weight excluding hydrogens is 356 g/mol. The first-order chi connectivity index (χ1) is 13.6. The normalized spacial score (nSPS) is 46.8. The molecule has 0 heterocycles. The zero-order valence-corrected chi connectivity index (χ0v) is 19.5. The van der Waals surface area contributed by atoms with E-state index in [4.69, 9.17) is 0 Å². The lowest BCUT2D eigenvalue weighted by Gasteiger charge is -2.58. The molecule has 164 valence electrons. The Morgan fingerprint density at radius 1 is 1.21 bits per heavy atom. The van der Waals surface area contributed by atoms with E-state index in [0.717, 1.165) is 18.8 Å². The van der Waals surface area contributed by atoms with Crippen molar-refractivity contribution in [3.05, 3.63) is 23.8 Å². The molecule has 2 heteroatoms. The summed E-state index contributed by atoms with van der Waals surface area (Å²) in [5, 5.41) is 22.7. The molecule has 0 aromatic heterocycles. The van der Waals surface area contributed by atoms with Crippen molar-refractivity contribution in [2.24, 2.45) is 40.4 Å². The van der Waals surface area contributed by atoms with E-state index in [2.05, 4.69) is 45.9 Å². The first-order valence-corrected chi connectivity index (χ1v) is 12.4. The largest absolute Gasteiger partial charge is 0.393 e. The molecule has 2 N–H and O–H groups in total. The summed E-state index contributed by atoms with van der Waals surface area (Å²) in [6.45, 7) is 11.3. The van der Waals surface area contributed by atoms with Crippen LogP contribution in [0.15, 0.2) is 23.8 Å². The van der Waals surface area contributed by atoms with Crippen LogP contribution in [0, 0.1) is 40.4 Å². The predicted octanol–water partition coefficient (Wildman–Crippen LogP) is 6.28. The van der Waals surface area contributed by atoms with Crippen molar-refractivity contribution >= 4 is 0 Å². The third kappa shape index (κ3) is 3.47. The van der Waals surface area contributed by atoms with Crippen LogP contribution >= 0.6 is 0 Å². The van der Waals surface area contributed by atoms with E-state index in [1.54, 1.807) is 5.57 Å². The fraction of sp³-hybridized carbons (Fsp3) is 0.852. The molecule has 3 fully saturated rings. The van der Waals surface area contributed by atoms with Crippen LogP contribution in [-0.2, 0) is 0 Å². The molecule has 0 radical (unpaired) electrons. The maximum atomic E-state index is 11.5. The first-order valence-electron chi connectivity index (χ1n) is 12.4. The van der Waals surface area contributed by atoms with Crippen LogP contribution in [0.4, 0.5) is 0 Å². The summed E-state index contributed by atoms with van der Waals surface area (Å²) in [5.41, 5.74) is 1.35. The van der Waals surface area contributed by atoms with Crippen molar-refractivity contribution in [3.63, 3.8) is 0 Å². The Morgan fingerprint density at radius 2 is 1.97 bits per heavy atom. The minimum absolute atomic E-state index is 0.0256. The molecule has 0 spiro atoms. The summed E-state index contributed by atoms with van der Waals surface area (Å²) in [7, 11) is 0. The maximum Gasteiger partial charge on any atom is 0.0712 e. The lowest BCUT2D eigenvalue weighted by molar-refractivity contribution is -0.117. The zero-order chi connectivity index (χ0) is 21.0. The minimum atomic E-state index is -0.842. The summed E-state index contributed by atoms with van der Waals surface area (Å²) >= 11 is 0. The Kier molecular flexibility index (Phi) is 5.61. The molecule has 0 aromatic rings. The molecule has 8 atom stereocenters. The maximum absolute atomic E-state index is 11.5. The Labute approximate surface area is 178 Å². The minimum Gasteiger partial charge on any atom is -0.393 e. The predicted molar refractivity (Wildman–Crippen MR) is 120 cm³/mol. The molecule has 0 unspecified atom stereocenters. The lowest BCUT2D eigenvalue weighted by Crippen LogP contribution is -2.53. The molecule has 3 saturated carbocycles. The molecular formula is C27H44O2. The van der Waals surface area contributed by atoms with Crippen molar-refractivity contribution < 1.29 is 10.2 Å². The van der Waals surface area contributed by atoms with Gasteiger partial charge in [-0.25, -0.2) is 0 Å². The quantitative estimate of drug-likeness (QED) is 0.545. The average molecular weight is 401 g/mol. The molecule has 0 aromatic carbocycles. The van der Waals surface area contributed by atoms with Gasteiger partial charge in [-0.15, -0.1) is 0 Å². The Balaban J connectivity index is 1.60. The summed E-state index contributed by atoms with van der Waals surface area (Å²) in [6.07, 6.45) is 17.1. The summed E-state index contributed by atoms with van der Waals surface area (Å²) in [6, 6.07) is 0. The van der Waals surface area contributed by atoms with Gasteiger partial charge in [0, 0.05) is 5.92 Å². The number of fused-ring (bicyclic) bond motifs is 5. The van der Waals surface area contributed by atoms with Crippen LogP contribution in [0.1, 0.15) is 92.4 Å². The van der Waals surface area contributed by atoms with E-state index in [1.807, 2.05) is 6.92 Å². The fourth-order valence-electron chi connectivity index (χ4n) is 8.54. The molecule has 0 bridgehead atoms. The van der Waals surface area contributed by atoms with E-state index >= 15 is 0 Å². The highest BCUT2D eigenvalue weighted by atomic mass is 16.3. The molecule has 0 aliphatic heterocycles. The van der Waals surface area contributed by atoms with E-state index in [-0.39, 0.29) is 17.4 Å². The van der Waals surface area contributed by atoms with Gasteiger partial charge in [-0.2, -0.15) is 0 Å². The molecule has 4 aliphatic carbocycles. The van der Waals surface area contributed by atoms with Crippen LogP contribution in [0.5, 0.6) is 0 Å². The molecule has 29 heavy (non-hydrogen) atoms. The summed E-state index contributed by atoms with van der Waals surface area (Å²) in [4.78, 5) is 0. The summed E-state index contributed by atoms with van der Waals surface area (Å²) in [5.74, 6) is 2.47. The van der Waals surface area contributed by atoms with Gasteiger partial charge in [0.25, 0.3) is 0 Å². The van der Waals surface area contributed by atoms with Crippen molar-refractivity contribution in [3.8, 4) is 0 Å². The van der Waals surface area contributed by atoms with Crippen molar-refractivity contribution in [1.82, 2.24) is 0 Å². The average Bonchev–Trinajstić information content (AvgIpc) is 2.91. The smallest absolute Gasteiger partial charge is 0.0712 e. The number of aliphatic hydroxyl groups is 2. The Morgan fingerprint density at radius 3 is 2.69 bits per heavy atom. The highest BCUT2D eigenvalue weighted by molar-refractivity contribution is 5.25. The molecule has 2 nitrogen and oxygen atoms in total. The van der Waals surface area contributed by atoms with Crippen LogP contribution in [0.2, 0.25) is 0 Å². The summed E-state index contributed by atoms with van der Waals surface area (Å²) < 4.78 is 0. The van der Waals surface area contributed by atoms with Gasteiger partial charge in [-0.05, 0) is 92.8 Å². The van der Waals surface area contributed by atoms with Crippen LogP contribution in [0.3, 0.4) is 0 Å². The van der Waals surface area contributed by atoms with Crippen molar-refractivity contribution in [2.45, 2.75) is 104 Å². The first kappa shape index (κ1) is 21.6. The van der Waals surface area contributed by atoms with Gasteiger partial charge in [0.05, 0.1) is 11.7 Å². The number of hydrogen-bond donors (Lipinski definition) is 2. The zero-order valence-electron chi connectivity index (χ0n) is 19.5. The van der Waals surface area contributed by atoms with Gasteiger partial charge in [-0.1, -0.05) is 57.9 Å². The van der Waals surface area contributed by atoms with E-state index in [9.17, 15) is 10.2 Å². The SMILES string of the molecule is CC(C)C=CC[C@](C)(O)[C@H]1[C@@H](O)C[C@H]2[C@@H]3CC=C4CCCC[C@]4(C)[C@H]3CC[C@@]21C. The van der Waals surface area contributed by atoms with Gasteiger partial charge in [0.1, 0.15) is 0 Å². The number of rotatable bonds is 4. The number of aliphatic hydroxyl groups excluding tert-OH is 1. The Bertz CT molecular complexity index is 674. The second-order valence-electron chi connectivity index (χ2n) is 12.0. The number of allylic oxidation sites excluding steroid dienone is 3. The van der Waals surface area contributed by atoms with Gasteiger partial charge < -0.3 is 10.2 Å². The second-order valence-corrected chi connectivity index (χ2v) is 12.0. The molecule has 0 amide bonds. The molecule has 4 aliphatic rings. The lowest BCUT2D eigenvalue weighted by atomic mass is 9.47. The highest BCUT2D eigenvalue weighted by Gasteiger charge is 2.63. The van der Waals surface area contributed by atoms with Gasteiger partial charge in [0.2, 0.25) is 0 Å². The third-order valence-electron chi connectivity index (χ3n) is 9.77. The molecule has 0 saturated heterocycles. The Hall–Kier alpha value is -0.600. The fourth-order valence-corrected chi connectivity index (χ4v) is 8.54. The van der Waals surface area contributed by atoms with E-state index in [0.29, 0.717) is 29.6 Å². The standard InChI is InChI=1S/C27H44O2/c1-18(2)9-8-15-27(5,29)24-23(28)17-22-20-12-11-19-10-6-7-14-25(19,3)21(20)13-16-26(22,24)4/h8-9,11,18,20-24,28-29H,6-7,10,12-17H2,1-5H3/t20-,21+,22+,23+,24+,25+,26+,27+/m1/s1. The van der Waals surface area contributed by atoms with Crippen LogP contribution < -0.4 is 0 Å². The highest BCUT2D eigenvalue weighted by Crippen LogP contribution is 2.67. The number of hydrogen-bond acceptors (Lipinski definition) is 2. The van der Waals surface area contributed by atoms with Gasteiger partial charge in [0.15, 0.2) is 0 Å². The monoisotopic (exact) mass is 400 g/mol. The third-order valence-corrected chi connectivity index (χ3v) is 9.77. The van der Waals surface area contributed by atoms with E-state index in [1.165, 1.54) is 38.5 Å². The van der Waals surface area contributed by atoms with Gasteiger partial charge in [-0.3, -0.25) is 0 Å².